The van der Waals surface area contributed by atoms with Crippen LogP contribution in [-0.2, 0) is 12.6 Å². The third-order valence-corrected chi connectivity index (χ3v) is 4.23. The lowest BCUT2D eigenvalue weighted by Gasteiger charge is -2.16. The fourth-order valence-electron chi connectivity index (χ4n) is 2.78. The van der Waals surface area contributed by atoms with Gasteiger partial charge in [-0.05, 0) is 71.6 Å². The molecule has 2 aromatic carbocycles. The Hall–Kier alpha value is -2.82. The van der Waals surface area contributed by atoms with Crippen LogP contribution in [0.1, 0.15) is 27.8 Å². The Kier molecular flexibility index (Phi) is 6.61. The molecule has 0 aliphatic heterocycles. The second kappa shape index (κ2) is 8.71. The maximum atomic E-state index is 13.9. The third-order valence-electron chi connectivity index (χ3n) is 4.23. The number of halogens is 4. The van der Waals surface area contributed by atoms with Crippen LogP contribution in [0.4, 0.5) is 17.6 Å². The Bertz CT molecular complexity index is 876. The van der Waals surface area contributed by atoms with Crippen molar-refractivity contribution in [2.75, 3.05) is 7.05 Å². The molecule has 0 saturated carbocycles. The number of alkyl halides is 3. The maximum absolute atomic E-state index is 13.9. The van der Waals surface area contributed by atoms with E-state index in [0.29, 0.717) is 27.8 Å². The van der Waals surface area contributed by atoms with E-state index in [0.717, 1.165) is 12.1 Å². The van der Waals surface area contributed by atoms with Crippen molar-refractivity contribution in [3.8, 4) is 0 Å². The summed E-state index contributed by atoms with van der Waals surface area (Å²) in [6.45, 7) is 5.29. The number of hydrogen-bond donors (Lipinski definition) is 1. The topological polar surface area (TPSA) is 12.0 Å². The van der Waals surface area contributed by atoms with Gasteiger partial charge in [-0.2, -0.15) is 13.2 Å². The molecule has 0 aliphatic carbocycles. The summed E-state index contributed by atoms with van der Waals surface area (Å²) in [5.74, 6) is -0.377. The highest BCUT2D eigenvalue weighted by Crippen LogP contribution is 2.33. The lowest BCUT2D eigenvalue weighted by molar-refractivity contribution is -0.137. The first kappa shape index (κ1) is 20.5. The zero-order valence-corrected chi connectivity index (χ0v) is 15.2. The summed E-state index contributed by atoms with van der Waals surface area (Å²) in [7, 11) is 1.73. The first-order valence-corrected chi connectivity index (χ1v) is 8.39. The fourth-order valence-corrected chi connectivity index (χ4v) is 2.78. The number of hydrogen-bond acceptors (Lipinski definition) is 1. The van der Waals surface area contributed by atoms with Crippen LogP contribution in [0.3, 0.4) is 0 Å². The minimum atomic E-state index is -4.45. The molecule has 0 bridgehead atoms. The van der Waals surface area contributed by atoms with Gasteiger partial charge in [-0.15, -0.1) is 0 Å². The highest BCUT2D eigenvalue weighted by molar-refractivity contribution is 5.77. The van der Waals surface area contributed by atoms with E-state index in [1.165, 1.54) is 12.1 Å². The van der Waals surface area contributed by atoms with Gasteiger partial charge in [-0.25, -0.2) is 4.39 Å². The van der Waals surface area contributed by atoms with Gasteiger partial charge >= 0.3 is 6.18 Å². The number of rotatable bonds is 6. The standard InChI is InChI=1S/C22H21F4N/c1-4-6-16(11-12-27-3)20-10-9-19(22(24,25)26)14-18(20)13-17-7-5-8-21(23)15(17)2/h4-12,14,27H,1,13H2,2-3H3/b12-11-,16-6+. The van der Waals surface area contributed by atoms with E-state index in [1.54, 1.807) is 50.5 Å². The molecule has 2 rings (SSSR count). The van der Waals surface area contributed by atoms with Crippen molar-refractivity contribution in [3.63, 3.8) is 0 Å². The zero-order chi connectivity index (χ0) is 20.0. The zero-order valence-electron chi connectivity index (χ0n) is 15.2. The van der Waals surface area contributed by atoms with Gasteiger partial charge in [0.2, 0.25) is 0 Å². The van der Waals surface area contributed by atoms with Crippen molar-refractivity contribution in [3.05, 3.63) is 101 Å². The minimum absolute atomic E-state index is 0.185. The third kappa shape index (κ3) is 5.09. The van der Waals surface area contributed by atoms with Gasteiger partial charge in [-0.3, -0.25) is 0 Å². The molecule has 27 heavy (non-hydrogen) atoms. The lowest BCUT2D eigenvalue weighted by atomic mass is 9.91. The highest BCUT2D eigenvalue weighted by atomic mass is 19.4. The van der Waals surface area contributed by atoms with Crippen molar-refractivity contribution >= 4 is 5.57 Å². The Morgan fingerprint density at radius 2 is 1.89 bits per heavy atom. The Balaban J connectivity index is 2.63. The van der Waals surface area contributed by atoms with Crippen molar-refractivity contribution in [1.82, 2.24) is 5.32 Å². The molecule has 0 unspecified atom stereocenters. The summed E-state index contributed by atoms with van der Waals surface area (Å²) in [5.41, 5.74) is 2.15. The molecular formula is C22H21F4N. The van der Waals surface area contributed by atoms with Crippen molar-refractivity contribution < 1.29 is 17.6 Å². The van der Waals surface area contributed by atoms with Crippen LogP contribution in [0.5, 0.6) is 0 Å². The molecule has 0 heterocycles. The predicted octanol–water partition coefficient (Wildman–Crippen LogP) is 6.05. The summed E-state index contributed by atoms with van der Waals surface area (Å²) in [5, 5.41) is 2.86. The van der Waals surface area contributed by atoms with E-state index in [4.69, 9.17) is 0 Å². The van der Waals surface area contributed by atoms with Crippen LogP contribution in [0.2, 0.25) is 0 Å². The van der Waals surface area contributed by atoms with E-state index < -0.39 is 11.7 Å². The van der Waals surface area contributed by atoms with Crippen LogP contribution in [0.15, 0.2) is 67.4 Å². The minimum Gasteiger partial charge on any atom is -0.394 e. The van der Waals surface area contributed by atoms with Crippen molar-refractivity contribution in [2.24, 2.45) is 0 Å². The largest absolute Gasteiger partial charge is 0.416 e. The fraction of sp³-hybridized carbons (Fsp3) is 0.182. The molecular weight excluding hydrogens is 354 g/mol. The Morgan fingerprint density at radius 1 is 1.15 bits per heavy atom. The molecule has 0 saturated heterocycles. The maximum Gasteiger partial charge on any atom is 0.416 e. The molecule has 0 spiro atoms. The molecule has 142 valence electrons. The van der Waals surface area contributed by atoms with Crippen LogP contribution in [-0.4, -0.2) is 7.05 Å². The highest BCUT2D eigenvalue weighted by Gasteiger charge is 2.31. The molecule has 1 nitrogen and oxygen atoms in total. The molecule has 2 aromatic rings. The van der Waals surface area contributed by atoms with E-state index in [-0.39, 0.29) is 12.2 Å². The lowest BCUT2D eigenvalue weighted by Crippen LogP contribution is -2.07. The summed E-state index contributed by atoms with van der Waals surface area (Å²) in [4.78, 5) is 0. The van der Waals surface area contributed by atoms with Gasteiger partial charge in [0, 0.05) is 7.05 Å². The van der Waals surface area contributed by atoms with Crippen LogP contribution in [0, 0.1) is 12.7 Å². The number of nitrogens with one attached hydrogen (secondary N) is 1. The number of allylic oxidation sites excluding steroid dienone is 4. The van der Waals surface area contributed by atoms with Crippen molar-refractivity contribution in [1.29, 1.82) is 0 Å². The summed E-state index contributed by atoms with van der Waals surface area (Å²) in [6.07, 6.45) is 2.47. The molecule has 0 fully saturated rings. The monoisotopic (exact) mass is 375 g/mol. The van der Waals surface area contributed by atoms with E-state index >= 15 is 0 Å². The molecule has 1 N–H and O–H groups in total. The molecule has 5 heteroatoms. The van der Waals surface area contributed by atoms with Gasteiger partial charge in [0.1, 0.15) is 5.82 Å². The average Bonchev–Trinajstić information content (AvgIpc) is 2.62. The first-order chi connectivity index (χ1) is 12.8. The summed E-state index contributed by atoms with van der Waals surface area (Å²) >= 11 is 0. The molecule has 0 aromatic heterocycles. The predicted molar refractivity (Wildman–Crippen MR) is 102 cm³/mol. The molecule has 0 atom stereocenters. The van der Waals surface area contributed by atoms with Gasteiger partial charge < -0.3 is 5.32 Å². The first-order valence-electron chi connectivity index (χ1n) is 8.39. The van der Waals surface area contributed by atoms with Crippen LogP contribution < -0.4 is 5.32 Å². The van der Waals surface area contributed by atoms with E-state index in [1.807, 2.05) is 0 Å². The second-order valence-electron chi connectivity index (χ2n) is 6.05. The van der Waals surface area contributed by atoms with E-state index in [2.05, 4.69) is 11.9 Å². The summed E-state index contributed by atoms with van der Waals surface area (Å²) in [6, 6.07) is 8.26. The molecule has 0 aliphatic rings. The summed E-state index contributed by atoms with van der Waals surface area (Å²) < 4.78 is 53.5. The Labute approximate surface area is 156 Å². The SMILES string of the molecule is C=C/C=C(\C=C/NC)c1ccc(C(F)(F)F)cc1Cc1cccc(F)c1C. The van der Waals surface area contributed by atoms with Gasteiger partial charge in [0.05, 0.1) is 5.56 Å². The van der Waals surface area contributed by atoms with Crippen LogP contribution in [0.25, 0.3) is 5.57 Å². The van der Waals surface area contributed by atoms with Gasteiger partial charge in [0.15, 0.2) is 0 Å². The van der Waals surface area contributed by atoms with Crippen LogP contribution >= 0.6 is 0 Å². The average molecular weight is 375 g/mol. The Morgan fingerprint density at radius 3 is 2.52 bits per heavy atom. The molecule has 0 amide bonds. The smallest absolute Gasteiger partial charge is 0.394 e. The normalized spacial score (nSPS) is 12.4. The number of benzene rings is 2. The molecule has 0 radical (unpaired) electrons. The van der Waals surface area contributed by atoms with E-state index in [9.17, 15) is 17.6 Å². The van der Waals surface area contributed by atoms with Gasteiger partial charge in [-0.1, -0.05) is 36.9 Å². The van der Waals surface area contributed by atoms with Crippen molar-refractivity contribution in [2.45, 2.75) is 19.5 Å². The van der Waals surface area contributed by atoms with Gasteiger partial charge in [0.25, 0.3) is 0 Å². The second-order valence-corrected chi connectivity index (χ2v) is 6.05. The quantitative estimate of drug-likeness (QED) is 0.479.